The summed E-state index contributed by atoms with van der Waals surface area (Å²) < 4.78 is 6.78. The Bertz CT molecular complexity index is 968. The fourth-order valence-electron chi connectivity index (χ4n) is 3.20. The van der Waals surface area contributed by atoms with E-state index in [0.717, 1.165) is 41.9 Å². The van der Waals surface area contributed by atoms with E-state index in [9.17, 15) is 10.1 Å². The molecule has 0 amide bonds. The van der Waals surface area contributed by atoms with Crippen LogP contribution in [0.4, 0.5) is 11.4 Å². The molecule has 1 saturated heterocycles. The Morgan fingerprint density at radius 1 is 1.07 bits per heavy atom. The van der Waals surface area contributed by atoms with Crippen LogP contribution in [0, 0.1) is 10.1 Å². The van der Waals surface area contributed by atoms with E-state index < -0.39 is 0 Å². The predicted octanol–water partition coefficient (Wildman–Crippen LogP) is 3.73. The minimum atomic E-state index is -0.380. The lowest BCUT2D eigenvalue weighted by Crippen LogP contribution is -2.46. The van der Waals surface area contributed by atoms with Crippen LogP contribution in [0.5, 0.6) is 0 Å². The van der Waals surface area contributed by atoms with Crippen molar-refractivity contribution in [1.29, 1.82) is 0 Å². The second-order valence-electron chi connectivity index (χ2n) is 6.55. The molecule has 1 aliphatic rings. The van der Waals surface area contributed by atoms with E-state index in [0.29, 0.717) is 18.3 Å². The van der Waals surface area contributed by atoms with Gasteiger partial charge in [0, 0.05) is 54.0 Å². The van der Waals surface area contributed by atoms with Gasteiger partial charge in [-0.25, -0.2) is 0 Å². The number of anilines is 1. The van der Waals surface area contributed by atoms with Crippen LogP contribution in [0.25, 0.3) is 11.5 Å². The number of aromatic nitrogens is 2. The van der Waals surface area contributed by atoms with Crippen molar-refractivity contribution in [3.63, 3.8) is 0 Å². The molecule has 4 rings (SSSR count). The lowest BCUT2D eigenvalue weighted by Gasteiger charge is -2.35. The monoisotopic (exact) mass is 443 g/mol. The van der Waals surface area contributed by atoms with Crippen LogP contribution in [0.2, 0.25) is 0 Å². The maximum absolute atomic E-state index is 10.8. The molecule has 0 radical (unpaired) electrons. The summed E-state index contributed by atoms with van der Waals surface area (Å²) in [6.45, 7) is 3.99. The molecule has 9 heteroatoms. The van der Waals surface area contributed by atoms with E-state index in [2.05, 4.69) is 35.9 Å². The lowest BCUT2D eigenvalue weighted by atomic mass is 10.2. The third kappa shape index (κ3) is 4.20. The second kappa shape index (κ2) is 8.07. The highest BCUT2D eigenvalue weighted by atomic mass is 79.9. The first-order valence-corrected chi connectivity index (χ1v) is 9.68. The van der Waals surface area contributed by atoms with Crippen molar-refractivity contribution in [1.82, 2.24) is 15.1 Å². The first kappa shape index (κ1) is 18.6. The van der Waals surface area contributed by atoms with Crippen LogP contribution in [0.15, 0.2) is 57.4 Å². The molecule has 3 aromatic rings. The number of halogens is 1. The first-order valence-electron chi connectivity index (χ1n) is 8.88. The molecular formula is C19H18BrN5O3. The number of nitro benzene ring substituents is 1. The van der Waals surface area contributed by atoms with Gasteiger partial charge in [0.2, 0.25) is 11.8 Å². The smallest absolute Gasteiger partial charge is 0.269 e. The number of nitrogens with zero attached hydrogens (tertiary/aromatic N) is 5. The molecule has 8 nitrogen and oxygen atoms in total. The van der Waals surface area contributed by atoms with Gasteiger partial charge in [-0.05, 0) is 30.3 Å². The highest BCUT2D eigenvalue weighted by Crippen LogP contribution is 2.23. The Kier molecular flexibility index (Phi) is 5.36. The molecule has 0 unspecified atom stereocenters. The van der Waals surface area contributed by atoms with E-state index >= 15 is 0 Å². The highest BCUT2D eigenvalue weighted by Gasteiger charge is 2.20. The van der Waals surface area contributed by atoms with Crippen molar-refractivity contribution >= 4 is 27.3 Å². The van der Waals surface area contributed by atoms with E-state index in [1.807, 2.05) is 24.3 Å². The molecule has 28 heavy (non-hydrogen) atoms. The van der Waals surface area contributed by atoms with Crippen molar-refractivity contribution in [2.45, 2.75) is 6.54 Å². The molecule has 2 heterocycles. The quantitative estimate of drug-likeness (QED) is 0.438. The van der Waals surface area contributed by atoms with Gasteiger partial charge in [-0.2, -0.15) is 0 Å². The third-order valence-corrected chi connectivity index (χ3v) is 5.19. The standard InChI is InChI=1S/C19H18BrN5O3/c20-15-3-1-2-14(12-15)19-22-21-18(28-19)13-23-8-10-24(11-9-23)16-4-6-17(7-5-16)25(26)27/h1-7,12H,8-11,13H2. The Morgan fingerprint density at radius 3 is 2.50 bits per heavy atom. The van der Waals surface area contributed by atoms with Crippen LogP contribution in [-0.4, -0.2) is 46.2 Å². The maximum Gasteiger partial charge on any atom is 0.269 e. The van der Waals surface area contributed by atoms with E-state index in [4.69, 9.17) is 4.42 Å². The van der Waals surface area contributed by atoms with Gasteiger partial charge >= 0.3 is 0 Å². The van der Waals surface area contributed by atoms with E-state index in [1.54, 1.807) is 24.3 Å². The zero-order chi connectivity index (χ0) is 19.5. The summed E-state index contributed by atoms with van der Waals surface area (Å²) in [5.74, 6) is 1.11. The van der Waals surface area contributed by atoms with E-state index in [-0.39, 0.29) is 10.6 Å². The Balaban J connectivity index is 1.34. The molecule has 0 aliphatic carbocycles. The summed E-state index contributed by atoms with van der Waals surface area (Å²) in [5, 5.41) is 19.1. The first-order chi connectivity index (χ1) is 13.6. The minimum Gasteiger partial charge on any atom is -0.419 e. The van der Waals surface area contributed by atoms with Crippen molar-refractivity contribution in [2.75, 3.05) is 31.1 Å². The average Bonchev–Trinajstić information content (AvgIpc) is 3.17. The molecule has 0 spiro atoms. The maximum atomic E-state index is 10.8. The summed E-state index contributed by atoms with van der Waals surface area (Å²) in [7, 11) is 0. The number of hydrogen-bond donors (Lipinski definition) is 0. The molecule has 2 aromatic carbocycles. The van der Waals surface area contributed by atoms with Gasteiger partial charge in [-0.15, -0.1) is 10.2 Å². The molecular weight excluding hydrogens is 426 g/mol. The predicted molar refractivity (Wildman–Crippen MR) is 108 cm³/mol. The number of rotatable bonds is 5. The number of non-ortho nitro benzene ring substituents is 1. The summed E-state index contributed by atoms with van der Waals surface area (Å²) in [4.78, 5) is 14.9. The van der Waals surface area contributed by atoms with Gasteiger partial charge in [0.15, 0.2) is 0 Å². The van der Waals surface area contributed by atoms with Crippen LogP contribution < -0.4 is 4.90 Å². The molecule has 1 fully saturated rings. The fourth-order valence-corrected chi connectivity index (χ4v) is 3.60. The number of piperazine rings is 1. The molecule has 1 aliphatic heterocycles. The number of nitro groups is 1. The topological polar surface area (TPSA) is 88.5 Å². The number of hydrogen-bond acceptors (Lipinski definition) is 7. The third-order valence-electron chi connectivity index (χ3n) is 4.70. The second-order valence-corrected chi connectivity index (χ2v) is 7.46. The molecule has 0 N–H and O–H groups in total. The Hall–Kier alpha value is -2.78. The van der Waals surface area contributed by atoms with Crippen molar-refractivity contribution in [2.24, 2.45) is 0 Å². The summed E-state index contributed by atoms with van der Waals surface area (Å²) in [6.07, 6.45) is 0. The van der Waals surface area contributed by atoms with Crippen LogP contribution in [0.3, 0.4) is 0 Å². The van der Waals surface area contributed by atoms with Crippen molar-refractivity contribution < 1.29 is 9.34 Å². The highest BCUT2D eigenvalue weighted by molar-refractivity contribution is 9.10. The Labute approximate surface area is 170 Å². The van der Waals surface area contributed by atoms with Crippen LogP contribution >= 0.6 is 15.9 Å². The summed E-state index contributed by atoms with van der Waals surface area (Å²) >= 11 is 3.45. The van der Waals surface area contributed by atoms with Crippen LogP contribution in [0.1, 0.15) is 5.89 Å². The molecule has 0 bridgehead atoms. The van der Waals surface area contributed by atoms with Crippen molar-refractivity contribution in [3.8, 4) is 11.5 Å². The van der Waals surface area contributed by atoms with Gasteiger partial charge in [-0.1, -0.05) is 22.0 Å². The van der Waals surface area contributed by atoms with Gasteiger partial charge in [0.1, 0.15) is 0 Å². The minimum absolute atomic E-state index is 0.111. The summed E-state index contributed by atoms with van der Waals surface area (Å²) in [5.41, 5.74) is 2.00. The Morgan fingerprint density at radius 2 is 1.82 bits per heavy atom. The lowest BCUT2D eigenvalue weighted by molar-refractivity contribution is -0.384. The molecule has 144 valence electrons. The molecule has 0 saturated carbocycles. The van der Waals surface area contributed by atoms with Crippen LogP contribution in [-0.2, 0) is 6.54 Å². The zero-order valence-corrected chi connectivity index (χ0v) is 16.6. The SMILES string of the molecule is O=[N+]([O-])c1ccc(N2CCN(Cc3nnc(-c4cccc(Br)c4)o3)CC2)cc1. The normalized spacial score (nSPS) is 15.0. The van der Waals surface area contributed by atoms with Gasteiger partial charge in [0.25, 0.3) is 5.69 Å². The largest absolute Gasteiger partial charge is 0.419 e. The summed E-state index contributed by atoms with van der Waals surface area (Å²) in [6, 6.07) is 14.5. The molecule has 1 aromatic heterocycles. The zero-order valence-electron chi connectivity index (χ0n) is 15.0. The molecule has 0 atom stereocenters. The average molecular weight is 444 g/mol. The van der Waals surface area contributed by atoms with Gasteiger partial charge < -0.3 is 9.32 Å². The van der Waals surface area contributed by atoms with Crippen molar-refractivity contribution in [3.05, 3.63) is 69.0 Å². The fraction of sp³-hybridized carbons (Fsp3) is 0.263. The van der Waals surface area contributed by atoms with Gasteiger partial charge in [-0.3, -0.25) is 15.0 Å². The number of benzene rings is 2. The van der Waals surface area contributed by atoms with Gasteiger partial charge in [0.05, 0.1) is 11.5 Å². The van der Waals surface area contributed by atoms with E-state index in [1.165, 1.54) is 0 Å².